The fourth-order valence-corrected chi connectivity index (χ4v) is 0.994. The number of aryl methyl sites for hydroxylation is 1. The van der Waals surface area contributed by atoms with E-state index >= 15 is 0 Å². The Morgan fingerprint density at radius 3 is 2.53 bits per heavy atom. The topological polar surface area (TPSA) is 98.5 Å². The van der Waals surface area contributed by atoms with Crippen LogP contribution in [0, 0.1) is 0 Å². The summed E-state index contributed by atoms with van der Waals surface area (Å²) in [7, 11) is 2.53. The predicted octanol–water partition coefficient (Wildman–Crippen LogP) is -0.526. The Bertz CT molecular complexity index is 434. The van der Waals surface area contributed by atoms with Gasteiger partial charge in [0.05, 0.1) is 7.11 Å². The van der Waals surface area contributed by atoms with Gasteiger partial charge in [-0.15, -0.1) is 0 Å². The van der Waals surface area contributed by atoms with E-state index in [1.165, 1.54) is 7.05 Å². The number of ether oxygens (including phenoxy) is 1. The van der Waals surface area contributed by atoms with Crippen LogP contribution >= 0.6 is 0 Å². The van der Waals surface area contributed by atoms with Gasteiger partial charge in [0.1, 0.15) is 5.69 Å². The van der Waals surface area contributed by atoms with Gasteiger partial charge in [-0.2, -0.15) is 5.10 Å². The van der Waals surface area contributed by atoms with Crippen molar-refractivity contribution in [2.24, 2.45) is 7.05 Å². The molecule has 0 bridgehead atoms. The van der Waals surface area contributed by atoms with Crippen molar-refractivity contribution in [3.63, 3.8) is 0 Å². The molecule has 0 radical (unpaired) electrons. The zero-order valence-corrected chi connectivity index (χ0v) is 8.05. The summed E-state index contributed by atoms with van der Waals surface area (Å²) in [5.74, 6) is -3.45. The minimum atomic E-state index is -1.60. The number of hydrogen-bond donors (Lipinski definition) is 1. The van der Waals surface area contributed by atoms with Crippen LogP contribution in [0.1, 0.15) is 21.0 Å². The minimum absolute atomic E-state index is 0.107. The van der Waals surface area contributed by atoms with Crippen LogP contribution in [0.15, 0.2) is 6.07 Å². The van der Waals surface area contributed by atoms with Crippen LogP contribution in [0.3, 0.4) is 0 Å². The smallest absolute Gasteiger partial charge is 0.378 e. The molecule has 0 saturated carbocycles. The zero-order chi connectivity index (χ0) is 11.6. The molecule has 1 rings (SSSR count). The first-order valence-corrected chi connectivity index (χ1v) is 3.87. The zero-order valence-electron chi connectivity index (χ0n) is 8.05. The molecule has 7 nitrogen and oxygen atoms in total. The third-order valence-corrected chi connectivity index (χ3v) is 1.70. The number of methoxy groups -OCH3 is 1. The first kappa shape index (κ1) is 10.9. The fourth-order valence-electron chi connectivity index (χ4n) is 0.994. The van der Waals surface area contributed by atoms with Crippen LogP contribution in [0.25, 0.3) is 0 Å². The number of rotatable bonds is 3. The van der Waals surface area contributed by atoms with E-state index in [1.807, 2.05) is 0 Å². The second-order valence-corrected chi connectivity index (χ2v) is 2.66. The molecule has 1 aromatic heterocycles. The van der Waals surface area contributed by atoms with Crippen LogP contribution in [-0.2, 0) is 16.6 Å². The molecule has 0 aliphatic heterocycles. The number of carbonyl (C=O) groups excluding carboxylic acids is 2. The Hall–Kier alpha value is -2.18. The Kier molecular flexibility index (Phi) is 2.84. The Labute approximate surface area is 84.3 Å². The molecule has 0 atom stereocenters. The van der Waals surface area contributed by atoms with Gasteiger partial charge in [-0.25, -0.2) is 9.59 Å². The number of hydrogen-bond acceptors (Lipinski definition) is 5. The Balaban J connectivity index is 3.12. The normalized spacial score (nSPS) is 9.73. The van der Waals surface area contributed by atoms with Crippen molar-refractivity contribution in [2.45, 2.75) is 0 Å². The lowest BCUT2D eigenvalue weighted by molar-refractivity contribution is -0.131. The lowest BCUT2D eigenvalue weighted by atomic mass is 10.2. The van der Waals surface area contributed by atoms with Crippen molar-refractivity contribution in [1.29, 1.82) is 0 Å². The fraction of sp³-hybridized carbons (Fsp3) is 0.250. The predicted molar refractivity (Wildman–Crippen MR) is 46.5 cm³/mol. The van der Waals surface area contributed by atoms with Gasteiger partial charge in [0, 0.05) is 13.1 Å². The largest absolute Gasteiger partial charge is 0.475 e. The van der Waals surface area contributed by atoms with E-state index in [2.05, 4.69) is 9.84 Å². The van der Waals surface area contributed by atoms with Crippen LogP contribution in [0.4, 0.5) is 0 Å². The highest BCUT2D eigenvalue weighted by Gasteiger charge is 2.22. The van der Waals surface area contributed by atoms with Crippen LogP contribution < -0.4 is 0 Å². The maximum atomic E-state index is 11.1. The minimum Gasteiger partial charge on any atom is -0.475 e. The summed E-state index contributed by atoms with van der Waals surface area (Å²) < 4.78 is 5.39. The summed E-state index contributed by atoms with van der Waals surface area (Å²) in [4.78, 5) is 32.5. The first-order valence-electron chi connectivity index (χ1n) is 3.87. The lowest BCUT2D eigenvalue weighted by Crippen LogP contribution is -2.16. The van der Waals surface area contributed by atoms with Crippen molar-refractivity contribution in [3.05, 3.63) is 17.5 Å². The van der Waals surface area contributed by atoms with Crippen molar-refractivity contribution < 1.29 is 24.2 Å². The van der Waals surface area contributed by atoms with E-state index in [1.54, 1.807) is 0 Å². The molecule has 1 N–H and O–H groups in total. The quantitative estimate of drug-likeness (QED) is 0.411. The number of nitrogens with zero attached hydrogens (tertiary/aromatic N) is 2. The average molecular weight is 212 g/mol. The SMILES string of the molecule is COC(=O)c1cc(C(=O)C(=O)O)n(C)n1. The van der Waals surface area contributed by atoms with Crippen molar-refractivity contribution in [1.82, 2.24) is 9.78 Å². The molecule has 0 aromatic carbocycles. The highest BCUT2D eigenvalue weighted by molar-refractivity contribution is 6.39. The van der Waals surface area contributed by atoms with E-state index in [0.29, 0.717) is 0 Å². The van der Waals surface area contributed by atoms with Gasteiger partial charge in [-0.1, -0.05) is 0 Å². The number of carboxylic acids is 1. The molecule has 1 aromatic rings. The molecule has 0 saturated heterocycles. The second kappa shape index (κ2) is 3.91. The van der Waals surface area contributed by atoms with Gasteiger partial charge in [0.2, 0.25) is 0 Å². The highest BCUT2D eigenvalue weighted by Crippen LogP contribution is 2.05. The van der Waals surface area contributed by atoms with Gasteiger partial charge < -0.3 is 9.84 Å². The van der Waals surface area contributed by atoms with E-state index in [9.17, 15) is 14.4 Å². The van der Waals surface area contributed by atoms with E-state index in [0.717, 1.165) is 17.9 Å². The Morgan fingerprint density at radius 2 is 2.07 bits per heavy atom. The summed E-state index contributed by atoms with van der Waals surface area (Å²) in [5, 5.41) is 12.1. The van der Waals surface area contributed by atoms with Crippen molar-refractivity contribution in [2.75, 3.05) is 7.11 Å². The van der Waals surface area contributed by atoms with Crippen LogP contribution in [0.5, 0.6) is 0 Å². The summed E-state index contributed by atoms with van der Waals surface area (Å²) in [6, 6.07) is 1.07. The highest BCUT2D eigenvalue weighted by atomic mass is 16.5. The van der Waals surface area contributed by atoms with Gasteiger partial charge in [0.25, 0.3) is 5.78 Å². The third-order valence-electron chi connectivity index (χ3n) is 1.70. The molecule has 15 heavy (non-hydrogen) atoms. The number of esters is 1. The van der Waals surface area contributed by atoms with Crippen molar-refractivity contribution >= 4 is 17.7 Å². The summed E-state index contributed by atoms with van der Waals surface area (Å²) in [5.41, 5.74) is -0.285. The molecule has 0 amide bonds. The maximum absolute atomic E-state index is 11.1. The first-order chi connectivity index (χ1) is 6.97. The number of Topliss-reactive ketones (excluding diaryl/α,β-unsaturated/α-hetero) is 1. The second-order valence-electron chi connectivity index (χ2n) is 2.66. The molecule has 0 unspecified atom stereocenters. The van der Waals surface area contributed by atoms with Crippen LogP contribution in [-0.4, -0.2) is 39.7 Å². The van der Waals surface area contributed by atoms with Crippen LogP contribution in [0.2, 0.25) is 0 Å². The average Bonchev–Trinajstić information content (AvgIpc) is 2.57. The lowest BCUT2D eigenvalue weighted by Gasteiger charge is -1.94. The number of carboxylic acid groups (broad SMARTS) is 1. The molecule has 80 valence electrons. The molecular formula is C8H8N2O5. The summed E-state index contributed by atoms with van der Waals surface area (Å²) in [6.45, 7) is 0. The van der Waals surface area contributed by atoms with Gasteiger partial charge in [-0.3, -0.25) is 9.48 Å². The molecule has 0 aliphatic carbocycles. The molecule has 7 heteroatoms. The van der Waals surface area contributed by atoms with E-state index in [-0.39, 0.29) is 11.4 Å². The van der Waals surface area contributed by atoms with Gasteiger partial charge in [-0.05, 0) is 0 Å². The number of carbonyl (C=O) groups is 3. The number of aromatic nitrogens is 2. The molecular weight excluding hydrogens is 204 g/mol. The van der Waals surface area contributed by atoms with E-state index in [4.69, 9.17) is 5.11 Å². The third kappa shape index (κ3) is 2.01. The monoisotopic (exact) mass is 212 g/mol. The van der Waals surface area contributed by atoms with Gasteiger partial charge in [0.15, 0.2) is 5.69 Å². The Morgan fingerprint density at radius 1 is 1.47 bits per heavy atom. The summed E-state index contributed by atoms with van der Waals surface area (Å²) >= 11 is 0. The molecule has 1 heterocycles. The standard InChI is InChI=1S/C8H8N2O5/c1-10-5(6(11)7(12)13)3-4(9-10)8(14)15-2/h3H,1-2H3,(H,12,13). The van der Waals surface area contributed by atoms with Gasteiger partial charge >= 0.3 is 11.9 Å². The van der Waals surface area contributed by atoms with Crippen molar-refractivity contribution in [3.8, 4) is 0 Å². The summed E-state index contributed by atoms with van der Waals surface area (Å²) in [6.07, 6.45) is 0. The maximum Gasteiger partial charge on any atom is 0.378 e. The molecule has 0 fully saturated rings. The number of aliphatic carboxylic acids is 1. The molecule has 0 spiro atoms. The molecule has 0 aliphatic rings. The number of ketones is 1. The van der Waals surface area contributed by atoms with E-state index < -0.39 is 17.7 Å².